The van der Waals surface area contributed by atoms with Crippen molar-refractivity contribution in [3.63, 3.8) is 0 Å². The minimum atomic E-state index is 0.0991. The van der Waals surface area contributed by atoms with Crippen LogP contribution in [0.25, 0.3) is 0 Å². The van der Waals surface area contributed by atoms with Gasteiger partial charge in [-0.25, -0.2) is 0 Å². The lowest BCUT2D eigenvalue weighted by molar-refractivity contribution is 0.560. The highest BCUT2D eigenvalue weighted by Gasteiger charge is 2.20. The molecule has 0 unspecified atom stereocenters. The molecule has 3 N–H and O–H groups in total. The summed E-state index contributed by atoms with van der Waals surface area (Å²) in [5.41, 5.74) is 8.61. The van der Waals surface area contributed by atoms with Crippen LogP contribution in [0.15, 0.2) is 24.5 Å². The molecule has 1 aliphatic heterocycles. The van der Waals surface area contributed by atoms with Crippen molar-refractivity contribution in [2.24, 2.45) is 5.73 Å². The van der Waals surface area contributed by atoms with Crippen LogP contribution in [0.1, 0.15) is 17.0 Å². The molecule has 0 saturated heterocycles. The molecule has 2 heterocycles. The molecular formula is C13H16N6. The summed E-state index contributed by atoms with van der Waals surface area (Å²) in [6, 6.07) is 5.96. The van der Waals surface area contributed by atoms with Gasteiger partial charge in [0.05, 0.1) is 6.54 Å². The van der Waals surface area contributed by atoms with E-state index in [1.54, 1.807) is 6.33 Å². The van der Waals surface area contributed by atoms with E-state index in [-0.39, 0.29) is 5.84 Å². The highest BCUT2D eigenvalue weighted by molar-refractivity contribution is 6.00. The second kappa shape index (κ2) is 4.38. The number of nitrogens with two attached hydrogens (primary N) is 1. The first kappa shape index (κ1) is 11.7. The lowest BCUT2D eigenvalue weighted by Crippen LogP contribution is -2.35. The van der Waals surface area contributed by atoms with E-state index in [2.05, 4.69) is 25.7 Å². The molecule has 6 heteroatoms. The standard InChI is InChI=1S/C13H16N6/c1-9-2-3-10(13(14)15)11(6-9)18-4-5-19-8-16-17-12(19)7-18/h2-3,6,8H,4-5,7H2,1H3,(H3,14,15). The Balaban J connectivity index is 1.99. The average molecular weight is 256 g/mol. The summed E-state index contributed by atoms with van der Waals surface area (Å²) < 4.78 is 2.06. The number of nitrogens with zero attached hydrogens (tertiary/aromatic N) is 4. The molecule has 0 fully saturated rings. The molecule has 1 aromatic carbocycles. The molecule has 0 saturated carbocycles. The minimum absolute atomic E-state index is 0.0991. The van der Waals surface area contributed by atoms with E-state index in [1.807, 2.05) is 19.1 Å². The van der Waals surface area contributed by atoms with Crippen molar-refractivity contribution in [3.05, 3.63) is 41.5 Å². The highest BCUT2D eigenvalue weighted by atomic mass is 15.3. The Kier molecular flexibility index (Phi) is 2.70. The summed E-state index contributed by atoms with van der Waals surface area (Å²) in [5, 5.41) is 15.7. The van der Waals surface area contributed by atoms with E-state index in [0.29, 0.717) is 6.54 Å². The molecule has 98 valence electrons. The van der Waals surface area contributed by atoms with Gasteiger partial charge in [0.25, 0.3) is 0 Å². The first-order valence-corrected chi connectivity index (χ1v) is 6.22. The lowest BCUT2D eigenvalue weighted by Gasteiger charge is -2.30. The van der Waals surface area contributed by atoms with Crippen LogP contribution in [0.2, 0.25) is 0 Å². The normalized spacial score (nSPS) is 14.3. The number of hydrogen-bond acceptors (Lipinski definition) is 4. The second-order valence-electron chi connectivity index (χ2n) is 4.80. The topological polar surface area (TPSA) is 83.8 Å². The van der Waals surface area contributed by atoms with Gasteiger partial charge in [0, 0.05) is 24.3 Å². The number of benzene rings is 1. The Hall–Kier alpha value is -2.37. The first-order valence-electron chi connectivity index (χ1n) is 6.22. The van der Waals surface area contributed by atoms with E-state index in [0.717, 1.165) is 35.7 Å². The highest BCUT2D eigenvalue weighted by Crippen LogP contribution is 2.25. The van der Waals surface area contributed by atoms with Crippen molar-refractivity contribution in [1.82, 2.24) is 14.8 Å². The molecule has 3 rings (SSSR count). The van der Waals surface area contributed by atoms with Crippen molar-refractivity contribution in [2.75, 3.05) is 11.4 Å². The monoisotopic (exact) mass is 256 g/mol. The van der Waals surface area contributed by atoms with Crippen molar-refractivity contribution in [2.45, 2.75) is 20.0 Å². The van der Waals surface area contributed by atoms with E-state index in [1.165, 1.54) is 0 Å². The van der Waals surface area contributed by atoms with Gasteiger partial charge in [-0.15, -0.1) is 10.2 Å². The number of nitrogen functional groups attached to an aromatic ring is 1. The second-order valence-corrected chi connectivity index (χ2v) is 4.80. The fourth-order valence-corrected chi connectivity index (χ4v) is 2.40. The van der Waals surface area contributed by atoms with Gasteiger partial charge in [-0.05, 0) is 24.6 Å². The fourth-order valence-electron chi connectivity index (χ4n) is 2.40. The molecule has 0 aliphatic carbocycles. The predicted molar refractivity (Wildman–Crippen MR) is 73.3 cm³/mol. The molecule has 1 aromatic heterocycles. The van der Waals surface area contributed by atoms with Crippen LogP contribution in [0.4, 0.5) is 5.69 Å². The van der Waals surface area contributed by atoms with Gasteiger partial charge >= 0.3 is 0 Å². The van der Waals surface area contributed by atoms with Crippen LogP contribution in [0.5, 0.6) is 0 Å². The Morgan fingerprint density at radius 1 is 1.37 bits per heavy atom. The van der Waals surface area contributed by atoms with Crippen LogP contribution in [0.3, 0.4) is 0 Å². The smallest absolute Gasteiger partial charge is 0.152 e. The molecule has 2 aromatic rings. The first-order chi connectivity index (χ1) is 9.15. The van der Waals surface area contributed by atoms with Crippen molar-refractivity contribution >= 4 is 11.5 Å². The van der Waals surface area contributed by atoms with Crippen LogP contribution in [-0.4, -0.2) is 27.1 Å². The number of nitrogens with one attached hydrogen (secondary N) is 1. The Labute approximate surface area is 111 Å². The molecule has 1 aliphatic rings. The maximum absolute atomic E-state index is 7.70. The zero-order valence-electron chi connectivity index (χ0n) is 10.8. The molecule has 0 atom stereocenters. The number of amidine groups is 1. The van der Waals surface area contributed by atoms with E-state index >= 15 is 0 Å². The Morgan fingerprint density at radius 2 is 2.21 bits per heavy atom. The van der Waals surface area contributed by atoms with Gasteiger partial charge in [0.1, 0.15) is 12.2 Å². The van der Waals surface area contributed by atoms with Gasteiger partial charge in [0.2, 0.25) is 0 Å². The zero-order valence-corrected chi connectivity index (χ0v) is 10.8. The number of anilines is 1. The summed E-state index contributed by atoms with van der Waals surface area (Å²) in [4.78, 5) is 2.20. The number of aromatic nitrogens is 3. The largest absolute Gasteiger partial charge is 0.384 e. The van der Waals surface area contributed by atoms with Crippen LogP contribution >= 0.6 is 0 Å². The van der Waals surface area contributed by atoms with Crippen LogP contribution < -0.4 is 10.6 Å². The molecule has 0 bridgehead atoms. The maximum Gasteiger partial charge on any atom is 0.152 e. The quantitative estimate of drug-likeness (QED) is 0.617. The van der Waals surface area contributed by atoms with Gasteiger partial charge in [-0.1, -0.05) is 6.07 Å². The summed E-state index contributed by atoms with van der Waals surface area (Å²) in [5.74, 6) is 1.05. The molecule has 6 nitrogen and oxygen atoms in total. The van der Waals surface area contributed by atoms with Gasteiger partial charge < -0.3 is 15.2 Å². The molecule has 19 heavy (non-hydrogen) atoms. The summed E-state index contributed by atoms with van der Waals surface area (Å²) in [6.07, 6.45) is 1.76. The Morgan fingerprint density at radius 3 is 3.00 bits per heavy atom. The summed E-state index contributed by atoms with van der Waals surface area (Å²) in [7, 11) is 0. The van der Waals surface area contributed by atoms with Gasteiger partial charge in [0.15, 0.2) is 5.82 Å². The SMILES string of the molecule is Cc1ccc(C(=N)N)c(N2CCn3cnnc3C2)c1. The molecular weight excluding hydrogens is 240 g/mol. The number of rotatable bonds is 2. The summed E-state index contributed by atoms with van der Waals surface area (Å²) in [6.45, 7) is 4.46. The van der Waals surface area contributed by atoms with Gasteiger partial charge in [-0.2, -0.15) is 0 Å². The number of hydrogen-bond donors (Lipinski definition) is 2. The zero-order chi connectivity index (χ0) is 13.4. The predicted octanol–water partition coefficient (Wildman–Crippen LogP) is 0.891. The van der Waals surface area contributed by atoms with E-state index < -0.39 is 0 Å². The molecule has 0 radical (unpaired) electrons. The number of fused-ring (bicyclic) bond motifs is 1. The fraction of sp³-hybridized carbons (Fsp3) is 0.308. The van der Waals surface area contributed by atoms with Crippen molar-refractivity contribution < 1.29 is 0 Å². The third-order valence-corrected chi connectivity index (χ3v) is 3.42. The minimum Gasteiger partial charge on any atom is -0.384 e. The third-order valence-electron chi connectivity index (χ3n) is 3.42. The van der Waals surface area contributed by atoms with E-state index in [4.69, 9.17) is 11.1 Å². The van der Waals surface area contributed by atoms with E-state index in [9.17, 15) is 0 Å². The third kappa shape index (κ3) is 2.05. The van der Waals surface area contributed by atoms with Gasteiger partial charge in [-0.3, -0.25) is 5.41 Å². The molecule has 0 spiro atoms. The van der Waals surface area contributed by atoms with Crippen LogP contribution in [0, 0.1) is 12.3 Å². The van der Waals surface area contributed by atoms with Crippen molar-refractivity contribution in [3.8, 4) is 0 Å². The van der Waals surface area contributed by atoms with Crippen molar-refractivity contribution in [1.29, 1.82) is 5.41 Å². The average Bonchev–Trinajstić information content (AvgIpc) is 2.85. The lowest BCUT2D eigenvalue weighted by atomic mass is 10.1. The van der Waals surface area contributed by atoms with Crippen LogP contribution in [-0.2, 0) is 13.1 Å². The Bertz CT molecular complexity index is 630. The number of aryl methyl sites for hydroxylation is 1. The summed E-state index contributed by atoms with van der Waals surface area (Å²) >= 11 is 0. The molecule has 0 amide bonds. The maximum atomic E-state index is 7.70.